The zero-order valence-electron chi connectivity index (χ0n) is 13.3. The molecule has 0 aliphatic rings. The van der Waals surface area contributed by atoms with E-state index in [0.717, 1.165) is 16.7 Å². The number of hydrazine groups is 1. The summed E-state index contributed by atoms with van der Waals surface area (Å²) >= 11 is 0. The molecule has 0 fully saturated rings. The lowest BCUT2D eigenvalue weighted by molar-refractivity contribution is -0.126. The average molecular weight is 308 g/mol. The lowest BCUT2D eigenvalue weighted by atomic mass is 10.1. The van der Waals surface area contributed by atoms with E-state index in [1.54, 1.807) is 6.08 Å². The van der Waals surface area contributed by atoms with Crippen molar-refractivity contribution in [3.05, 3.63) is 76.9 Å². The highest BCUT2D eigenvalue weighted by Crippen LogP contribution is 2.11. The fourth-order valence-electron chi connectivity index (χ4n) is 2.18. The molecule has 2 aromatic rings. The molecule has 0 heterocycles. The van der Waals surface area contributed by atoms with Crippen LogP contribution in [-0.2, 0) is 16.0 Å². The zero-order valence-corrected chi connectivity index (χ0v) is 13.3. The van der Waals surface area contributed by atoms with Crippen LogP contribution in [0.4, 0.5) is 0 Å². The Labute approximate surface area is 136 Å². The smallest absolute Gasteiger partial charge is 0.262 e. The van der Waals surface area contributed by atoms with Crippen LogP contribution in [0.25, 0.3) is 6.08 Å². The van der Waals surface area contributed by atoms with Gasteiger partial charge in [-0.05, 0) is 36.6 Å². The first kappa shape index (κ1) is 16.5. The SMILES string of the molecule is Cc1ccc(/C=C/C(=O)NNC(=O)Cc2ccccc2)c(C)c1. The summed E-state index contributed by atoms with van der Waals surface area (Å²) in [6.45, 7) is 4.02. The summed E-state index contributed by atoms with van der Waals surface area (Å²) in [5, 5.41) is 0. The molecule has 0 radical (unpaired) electrons. The maximum atomic E-state index is 11.7. The third-order valence-corrected chi connectivity index (χ3v) is 3.37. The first-order valence-corrected chi connectivity index (χ1v) is 7.42. The van der Waals surface area contributed by atoms with Crippen molar-refractivity contribution in [2.75, 3.05) is 0 Å². The minimum Gasteiger partial charge on any atom is -0.273 e. The van der Waals surface area contributed by atoms with Gasteiger partial charge in [0.15, 0.2) is 0 Å². The van der Waals surface area contributed by atoms with E-state index < -0.39 is 0 Å². The highest BCUT2D eigenvalue weighted by Gasteiger charge is 2.03. The quantitative estimate of drug-likeness (QED) is 0.674. The lowest BCUT2D eigenvalue weighted by Crippen LogP contribution is -2.41. The number of nitrogens with one attached hydrogen (secondary N) is 2. The summed E-state index contributed by atoms with van der Waals surface area (Å²) in [6.07, 6.45) is 3.36. The topological polar surface area (TPSA) is 58.2 Å². The van der Waals surface area contributed by atoms with E-state index >= 15 is 0 Å². The van der Waals surface area contributed by atoms with E-state index in [1.165, 1.54) is 11.6 Å². The van der Waals surface area contributed by atoms with Crippen LogP contribution < -0.4 is 10.9 Å². The van der Waals surface area contributed by atoms with Gasteiger partial charge in [-0.1, -0.05) is 54.1 Å². The first-order valence-electron chi connectivity index (χ1n) is 7.42. The molecule has 0 spiro atoms. The molecule has 23 heavy (non-hydrogen) atoms. The van der Waals surface area contributed by atoms with E-state index in [-0.39, 0.29) is 18.2 Å². The molecular formula is C19H20N2O2. The predicted octanol–water partition coefficient (Wildman–Crippen LogP) is 2.71. The average Bonchev–Trinajstić information content (AvgIpc) is 2.53. The van der Waals surface area contributed by atoms with Crippen LogP contribution in [0, 0.1) is 13.8 Å². The number of rotatable bonds is 4. The molecule has 0 bridgehead atoms. The van der Waals surface area contributed by atoms with E-state index in [1.807, 2.05) is 56.3 Å². The Morgan fingerprint density at radius 3 is 2.43 bits per heavy atom. The van der Waals surface area contributed by atoms with Crippen LogP contribution in [0.5, 0.6) is 0 Å². The summed E-state index contributed by atoms with van der Waals surface area (Å²) in [5.74, 6) is -0.629. The number of benzene rings is 2. The highest BCUT2D eigenvalue weighted by molar-refractivity contribution is 5.93. The normalized spacial score (nSPS) is 10.5. The van der Waals surface area contributed by atoms with Gasteiger partial charge in [0.25, 0.3) is 5.91 Å². The summed E-state index contributed by atoms with van der Waals surface area (Å²) in [7, 11) is 0. The summed E-state index contributed by atoms with van der Waals surface area (Å²) in [4.78, 5) is 23.5. The molecule has 4 heteroatoms. The molecule has 2 rings (SSSR count). The molecule has 0 unspecified atom stereocenters. The van der Waals surface area contributed by atoms with Gasteiger partial charge in [0.2, 0.25) is 5.91 Å². The highest BCUT2D eigenvalue weighted by atomic mass is 16.2. The van der Waals surface area contributed by atoms with Gasteiger partial charge in [0, 0.05) is 6.08 Å². The molecule has 2 aromatic carbocycles. The van der Waals surface area contributed by atoms with E-state index in [2.05, 4.69) is 16.9 Å². The van der Waals surface area contributed by atoms with E-state index in [9.17, 15) is 9.59 Å². The van der Waals surface area contributed by atoms with Crippen molar-refractivity contribution in [2.24, 2.45) is 0 Å². The van der Waals surface area contributed by atoms with Gasteiger partial charge in [-0.25, -0.2) is 0 Å². The van der Waals surface area contributed by atoms with Crippen LogP contribution in [0.1, 0.15) is 22.3 Å². The molecular weight excluding hydrogens is 288 g/mol. The van der Waals surface area contributed by atoms with Crippen LogP contribution in [0.15, 0.2) is 54.6 Å². The Morgan fingerprint density at radius 2 is 1.74 bits per heavy atom. The van der Waals surface area contributed by atoms with Gasteiger partial charge in [0.05, 0.1) is 6.42 Å². The second-order valence-electron chi connectivity index (χ2n) is 5.39. The largest absolute Gasteiger partial charge is 0.273 e. The van der Waals surface area contributed by atoms with Gasteiger partial charge in [0.1, 0.15) is 0 Å². The van der Waals surface area contributed by atoms with Gasteiger partial charge >= 0.3 is 0 Å². The van der Waals surface area contributed by atoms with Crippen molar-refractivity contribution in [1.82, 2.24) is 10.9 Å². The summed E-state index contributed by atoms with van der Waals surface area (Å²) < 4.78 is 0. The Morgan fingerprint density at radius 1 is 1.00 bits per heavy atom. The fraction of sp³-hybridized carbons (Fsp3) is 0.158. The van der Waals surface area contributed by atoms with Crippen LogP contribution in [-0.4, -0.2) is 11.8 Å². The fourth-order valence-corrected chi connectivity index (χ4v) is 2.18. The third-order valence-electron chi connectivity index (χ3n) is 3.37. The van der Waals surface area contributed by atoms with Gasteiger partial charge < -0.3 is 0 Å². The van der Waals surface area contributed by atoms with Gasteiger partial charge in [-0.15, -0.1) is 0 Å². The maximum absolute atomic E-state index is 11.7. The van der Waals surface area contributed by atoms with Crippen molar-refractivity contribution in [3.8, 4) is 0 Å². The second kappa shape index (κ2) is 7.94. The molecule has 2 amide bonds. The summed E-state index contributed by atoms with van der Waals surface area (Å²) in [6, 6.07) is 15.4. The van der Waals surface area contributed by atoms with Crippen LogP contribution >= 0.6 is 0 Å². The van der Waals surface area contributed by atoms with E-state index in [4.69, 9.17) is 0 Å². The molecule has 0 atom stereocenters. The molecule has 0 aromatic heterocycles. The number of amides is 2. The number of carbonyl (C=O) groups excluding carboxylic acids is 2. The number of hydrogen-bond acceptors (Lipinski definition) is 2. The van der Waals surface area contributed by atoms with Gasteiger partial charge in [-0.2, -0.15) is 0 Å². The number of carbonyl (C=O) groups is 2. The van der Waals surface area contributed by atoms with Crippen LogP contribution in [0.2, 0.25) is 0 Å². The first-order chi connectivity index (χ1) is 11.0. The maximum Gasteiger partial charge on any atom is 0.262 e. The third kappa shape index (κ3) is 5.43. The Balaban J connectivity index is 1.82. The summed E-state index contributed by atoms with van der Waals surface area (Å²) in [5.41, 5.74) is 8.92. The van der Waals surface area contributed by atoms with Crippen molar-refractivity contribution in [2.45, 2.75) is 20.3 Å². The van der Waals surface area contributed by atoms with Crippen molar-refractivity contribution >= 4 is 17.9 Å². The molecule has 0 aliphatic carbocycles. The minimum atomic E-state index is -0.369. The zero-order chi connectivity index (χ0) is 16.7. The predicted molar refractivity (Wildman–Crippen MR) is 91.4 cm³/mol. The minimum absolute atomic E-state index is 0.224. The monoisotopic (exact) mass is 308 g/mol. The Hall–Kier alpha value is -2.88. The van der Waals surface area contributed by atoms with Crippen LogP contribution in [0.3, 0.4) is 0 Å². The lowest BCUT2D eigenvalue weighted by Gasteiger charge is -2.05. The number of hydrogen-bond donors (Lipinski definition) is 2. The molecule has 0 saturated heterocycles. The molecule has 2 N–H and O–H groups in total. The van der Waals surface area contributed by atoms with E-state index in [0.29, 0.717) is 0 Å². The molecule has 4 nitrogen and oxygen atoms in total. The molecule has 0 aliphatic heterocycles. The standard InChI is InChI=1S/C19H20N2O2/c1-14-8-9-17(15(2)12-14)10-11-18(22)20-21-19(23)13-16-6-4-3-5-7-16/h3-12H,13H2,1-2H3,(H,20,22)(H,21,23)/b11-10+. The van der Waals surface area contributed by atoms with Gasteiger partial charge in [-0.3, -0.25) is 20.4 Å². The Bertz CT molecular complexity index is 721. The molecule has 118 valence electrons. The van der Waals surface area contributed by atoms with Crippen molar-refractivity contribution in [3.63, 3.8) is 0 Å². The number of aryl methyl sites for hydroxylation is 2. The molecule has 0 saturated carbocycles. The van der Waals surface area contributed by atoms with Crippen molar-refractivity contribution < 1.29 is 9.59 Å². The second-order valence-corrected chi connectivity index (χ2v) is 5.39. The van der Waals surface area contributed by atoms with Crippen molar-refractivity contribution in [1.29, 1.82) is 0 Å². The Kier molecular flexibility index (Phi) is 5.69.